The molecule has 8 nitrogen and oxygen atoms in total. The van der Waals surface area contributed by atoms with Crippen molar-refractivity contribution in [3.63, 3.8) is 0 Å². The molecule has 0 bridgehead atoms. The Labute approximate surface area is 217 Å². The maximum Gasteiger partial charge on any atom is 0.416 e. The molecule has 0 atom stereocenters. The molecule has 0 aliphatic carbocycles. The van der Waals surface area contributed by atoms with Crippen LogP contribution in [0.1, 0.15) is 27.7 Å². The first-order valence-corrected chi connectivity index (χ1v) is 12.9. The van der Waals surface area contributed by atoms with E-state index in [4.69, 9.17) is 0 Å². The Morgan fingerprint density at radius 1 is 1.03 bits per heavy atom. The lowest BCUT2D eigenvalue weighted by molar-refractivity contribution is -0.138. The summed E-state index contributed by atoms with van der Waals surface area (Å²) in [5.74, 6) is 0.451. The number of rotatable bonds is 5. The van der Waals surface area contributed by atoms with E-state index in [2.05, 4.69) is 32.0 Å². The van der Waals surface area contributed by atoms with Crippen molar-refractivity contribution in [3.8, 4) is 0 Å². The normalized spacial score (nSPS) is 17.0. The van der Waals surface area contributed by atoms with Crippen LogP contribution in [-0.4, -0.2) is 72.5 Å². The molecule has 4 heterocycles. The fourth-order valence-electron chi connectivity index (χ4n) is 4.70. The lowest BCUT2D eigenvalue weighted by Gasteiger charge is -2.34. The number of hydrogen-bond acceptors (Lipinski definition) is 8. The molecule has 1 N–H and O–H groups in total. The van der Waals surface area contributed by atoms with Crippen LogP contribution in [0.3, 0.4) is 0 Å². The summed E-state index contributed by atoms with van der Waals surface area (Å²) < 4.78 is 42.1. The predicted octanol–water partition coefficient (Wildman–Crippen LogP) is 4.80. The zero-order chi connectivity index (χ0) is 26.3. The molecule has 0 saturated carbocycles. The van der Waals surface area contributed by atoms with Crippen LogP contribution in [0.15, 0.2) is 35.8 Å². The maximum atomic E-state index is 14.0. The van der Waals surface area contributed by atoms with Crippen molar-refractivity contribution in [3.05, 3.63) is 51.8 Å². The number of aromatic nitrogens is 2. The van der Waals surface area contributed by atoms with E-state index in [0.29, 0.717) is 22.1 Å². The zero-order valence-corrected chi connectivity index (χ0v) is 21.7. The summed E-state index contributed by atoms with van der Waals surface area (Å²) in [6.45, 7) is 6.48. The maximum absolute atomic E-state index is 14.0. The molecule has 1 saturated heterocycles. The Kier molecular flexibility index (Phi) is 6.82. The molecule has 12 heteroatoms. The number of benzene rings is 1. The number of nitrogens with zero attached hydrogens (tertiary/aromatic N) is 6. The standard InChI is InChI=1S/C25H28F3N7OS/c1-4-34-8-10-35(11-9-34)15-16-5-6-17(13-18(16)25(26,27)28)30-24-29-14-20-22(31-24)32(2)19-7-12-37-21(19)23(36)33(20)3/h5-7,12-14H,4,8-11,15H2,1-3H3,(H,29,30,31). The number of carbonyl (C=O) groups is 1. The lowest BCUT2D eigenvalue weighted by atomic mass is 10.0. The summed E-state index contributed by atoms with van der Waals surface area (Å²) in [6.07, 6.45) is -2.99. The van der Waals surface area contributed by atoms with E-state index in [1.54, 1.807) is 25.1 Å². The van der Waals surface area contributed by atoms with Gasteiger partial charge in [0.15, 0.2) is 5.82 Å². The van der Waals surface area contributed by atoms with Crippen LogP contribution in [0.2, 0.25) is 0 Å². The van der Waals surface area contributed by atoms with Gasteiger partial charge in [0.2, 0.25) is 5.95 Å². The molecule has 1 fully saturated rings. The Hall–Kier alpha value is -3.22. The van der Waals surface area contributed by atoms with Gasteiger partial charge in [0.1, 0.15) is 10.6 Å². The van der Waals surface area contributed by atoms with E-state index in [-0.39, 0.29) is 29.7 Å². The second-order valence-corrected chi connectivity index (χ2v) is 10.1. The van der Waals surface area contributed by atoms with Gasteiger partial charge in [-0.05, 0) is 35.7 Å². The Morgan fingerprint density at radius 3 is 2.46 bits per heavy atom. The van der Waals surface area contributed by atoms with Crippen molar-refractivity contribution in [1.82, 2.24) is 19.8 Å². The van der Waals surface area contributed by atoms with Gasteiger partial charge >= 0.3 is 6.18 Å². The largest absolute Gasteiger partial charge is 0.416 e. The number of amides is 1. The summed E-state index contributed by atoms with van der Waals surface area (Å²) in [5, 5.41) is 4.76. The third-order valence-electron chi connectivity index (χ3n) is 6.91. The van der Waals surface area contributed by atoms with Crippen LogP contribution in [-0.2, 0) is 12.7 Å². The summed E-state index contributed by atoms with van der Waals surface area (Å²) >= 11 is 1.34. The molecule has 1 aromatic carbocycles. The number of likely N-dealkylation sites (N-methyl/N-ethyl adjacent to an activating group) is 1. The number of hydrogen-bond donors (Lipinski definition) is 1. The summed E-state index contributed by atoms with van der Waals surface area (Å²) in [6, 6.07) is 6.10. The minimum atomic E-state index is -4.49. The van der Waals surface area contributed by atoms with Gasteiger partial charge < -0.3 is 20.0 Å². The van der Waals surface area contributed by atoms with Gasteiger partial charge in [0, 0.05) is 52.5 Å². The quantitative estimate of drug-likeness (QED) is 0.508. The van der Waals surface area contributed by atoms with Crippen molar-refractivity contribution in [2.75, 3.05) is 61.9 Å². The van der Waals surface area contributed by atoms with Gasteiger partial charge in [-0.15, -0.1) is 11.3 Å². The van der Waals surface area contributed by atoms with Crippen LogP contribution in [0.4, 0.5) is 42.0 Å². The third kappa shape index (κ3) is 5.00. The van der Waals surface area contributed by atoms with E-state index in [1.165, 1.54) is 28.5 Å². The number of carbonyl (C=O) groups excluding carboxylic acids is 1. The Bertz CT molecular complexity index is 1300. The number of fused-ring (bicyclic) bond motifs is 2. The van der Waals surface area contributed by atoms with Crippen molar-refractivity contribution in [2.45, 2.75) is 19.6 Å². The molecule has 2 aromatic heterocycles. The van der Waals surface area contributed by atoms with E-state index in [9.17, 15) is 18.0 Å². The molecule has 0 radical (unpaired) electrons. The predicted molar refractivity (Wildman–Crippen MR) is 139 cm³/mol. The van der Waals surface area contributed by atoms with Gasteiger partial charge in [-0.3, -0.25) is 9.69 Å². The second-order valence-electron chi connectivity index (χ2n) is 9.17. The first-order valence-electron chi connectivity index (χ1n) is 12.0. The van der Waals surface area contributed by atoms with Crippen LogP contribution < -0.4 is 15.1 Å². The highest BCUT2D eigenvalue weighted by Gasteiger charge is 2.35. The first-order chi connectivity index (χ1) is 17.7. The average molecular weight is 532 g/mol. The van der Waals surface area contributed by atoms with Crippen molar-refractivity contribution in [2.24, 2.45) is 0 Å². The molecule has 2 aliphatic rings. The molecule has 0 unspecified atom stereocenters. The van der Waals surface area contributed by atoms with Gasteiger partial charge in [-0.25, -0.2) is 4.98 Å². The molecular weight excluding hydrogens is 503 g/mol. The van der Waals surface area contributed by atoms with E-state index >= 15 is 0 Å². The fraction of sp³-hybridized carbons (Fsp3) is 0.400. The summed E-state index contributed by atoms with van der Waals surface area (Å²) in [7, 11) is 3.45. The minimum absolute atomic E-state index is 0.140. The number of anilines is 5. The van der Waals surface area contributed by atoms with E-state index < -0.39 is 11.7 Å². The molecule has 3 aromatic rings. The number of piperazine rings is 1. The SMILES string of the molecule is CCN1CCN(Cc2ccc(Nc3ncc4c(n3)N(C)c3ccsc3C(=O)N4C)cc2C(F)(F)F)CC1. The highest BCUT2D eigenvalue weighted by atomic mass is 32.1. The molecule has 1 amide bonds. The van der Waals surface area contributed by atoms with Gasteiger partial charge in [0.25, 0.3) is 5.91 Å². The van der Waals surface area contributed by atoms with E-state index in [1.807, 2.05) is 11.4 Å². The highest BCUT2D eigenvalue weighted by molar-refractivity contribution is 7.12. The Morgan fingerprint density at radius 2 is 1.76 bits per heavy atom. The molecular formula is C25H28F3N7OS. The molecule has 37 heavy (non-hydrogen) atoms. The van der Waals surface area contributed by atoms with Crippen LogP contribution in [0.25, 0.3) is 0 Å². The molecule has 5 rings (SSSR count). The molecule has 0 spiro atoms. The third-order valence-corrected chi connectivity index (χ3v) is 7.80. The van der Waals surface area contributed by atoms with Crippen molar-refractivity contribution >= 4 is 46.1 Å². The zero-order valence-electron chi connectivity index (χ0n) is 20.8. The summed E-state index contributed by atoms with van der Waals surface area (Å²) in [4.78, 5) is 29.9. The number of halogens is 3. The monoisotopic (exact) mass is 531 g/mol. The number of nitrogens with one attached hydrogen (secondary N) is 1. The average Bonchev–Trinajstić information content (AvgIpc) is 3.36. The smallest absolute Gasteiger partial charge is 0.326 e. The number of thiophene rings is 1. The second kappa shape index (κ2) is 9.92. The van der Waals surface area contributed by atoms with Crippen LogP contribution in [0.5, 0.6) is 0 Å². The Balaban J connectivity index is 1.41. The van der Waals surface area contributed by atoms with Crippen molar-refractivity contribution in [1.29, 1.82) is 0 Å². The van der Waals surface area contributed by atoms with Crippen molar-refractivity contribution < 1.29 is 18.0 Å². The molecule has 2 aliphatic heterocycles. The number of alkyl halides is 3. The molecule has 196 valence electrons. The van der Waals surface area contributed by atoms with Gasteiger partial charge in [-0.2, -0.15) is 18.2 Å². The van der Waals surface area contributed by atoms with Gasteiger partial charge in [0.05, 0.1) is 17.4 Å². The van der Waals surface area contributed by atoms with Crippen LogP contribution in [0, 0.1) is 0 Å². The van der Waals surface area contributed by atoms with Gasteiger partial charge in [-0.1, -0.05) is 13.0 Å². The topological polar surface area (TPSA) is 67.8 Å². The van der Waals surface area contributed by atoms with E-state index in [0.717, 1.165) is 38.8 Å². The fourth-order valence-corrected chi connectivity index (χ4v) is 5.60. The lowest BCUT2D eigenvalue weighted by Crippen LogP contribution is -2.45. The minimum Gasteiger partial charge on any atom is -0.326 e. The van der Waals surface area contributed by atoms with Crippen LogP contribution >= 0.6 is 11.3 Å². The summed E-state index contributed by atoms with van der Waals surface area (Å²) in [5.41, 5.74) is 1.04. The highest BCUT2D eigenvalue weighted by Crippen LogP contribution is 2.40. The first kappa shape index (κ1) is 25.4.